The van der Waals surface area contributed by atoms with Crippen molar-refractivity contribution in [2.45, 2.75) is 31.6 Å². The lowest BCUT2D eigenvalue weighted by Crippen LogP contribution is -2.43. The third kappa shape index (κ3) is 4.26. The molecule has 0 saturated carbocycles. The Bertz CT molecular complexity index is 897. The zero-order valence-electron chi connectivity index (χ0n) is 14.5. The molecule has 1 amide bonds. The van der Waals surface area contributed by atoms with Crippen molar-refractivity contribution in [3.63, 3.8) is 0 Å². The van der Waals surface area contributed by atoms with Crippen LogP contribution in [0.1, 0.15) is 24.0 Å². The maximum absolute atomic E-state index is 12.9. The maximum atomic E-state index is 12.9. The second-order valence-electron chi connectivity index (χ2n) is 6.45. The van der Waals surface area contributed by atoms with Crippen LogP contribution in [0, 0.1) is 6.92 Å². The van der Waals surface area contributed by atoms with E-state index < -0.39 is 16.1 Å². The third-order valence-corrected chi connectivity index (χ3v) is 6.65. The van der Waals surface area contributed by atoms with Gasteiger partial charge in [0.15, 0.2) is 0 Å². The average Bonchev–Trinajstić information content (AvgIpc) is 3.10. The fraction of sp³-hybridized carbons (Fsp3) is 0.316. The molecule has 1 atom stereocenters. The van der Waals surface area contributed by atoms with Gasteiger partial charge in [-0.25, -0.2) is 8.42 Å². The normalized spacial score (nSPS) is 18.0. The smallest absolute Gasteiger partial charge is 0.242 e. The summed E-state index contributed by atoms with van der Waals surface area (Å²) in [6.45, 7) is 2.26. The van der Waals surface area contributed by atoms with Gasteiger partial charge in [-0.15, -0.1) is 0 Å². The Morgan fingerprint density at radius 3 is 2.58 bits per heavy atom. The predicted octanol–water partition coefficient (Wildman–Crippen LogP) is 3.58. The Balaban J connectivity index is 1.75. The summed E-state index contributed by atoms with van der Waals surface area (Å²) in [5, 5.41) is 3.36. The van der Waals surface area contributed by atoms with E-state index in [0.717, 1.165) is 11.1 Å². The quantitative estimate of drug-likeness (QED) is 0.845. The van der Waals surface area contributed by atoms with Crippen LogP contribution in [0.25, 0.3) is 0 Å². The zero-order valence-corrected chi connectivity index (χ0v) is 16.1. The molecule has 1 heterocycles. The maximum Gasteiger partial charge on any atom is 0.242 e. The molecule has 1 saturated heterocycles. The number of halogens is 1. The van der Waals surface area contributed by atoms with Gasteiger partial charge < -0.3 is 5.32 Å². The second-order valence-corrected chi connectivity index (χ2v) is 8.81. The number of hydrogen-bond donors (Lipinski definition) is 1. The summed E-state index contributed by atoms with van der Waals surface area (Å²) in [5.74, 6) is -0.400. The SMILES string of the molecule is Cc1ccccc1CS(=O)(=O)N1CCC[C@H]1C(=O)Nc1ccc(Cl)cc1. The molecule has 26 heavy (non-hydrogen) atoms. The van der Waals surface area contributed by atoms with Crippen molar-refractivity contribution in [3.05, 3.63) is 64.7 Å². The molecule has 0 spiro atoms. The lowest BCUT2D eigenvalue weighted by molar-refractivity contribution is -0.119. The van der Waals surface area contributed by atoms with Crippen LogP contribution in [-0.4, -0.2) is 31.2 Å². The number of sulfonamides is 1. The van der Waals surface area contributed by atoms with Gasteiger partial charge in [-0.2, -0.15) is 4.31 Å². The first-order valence-electron chi connectivity index (χ1n) is 8.47. The van der Waals surface area contributed by atoms with E-state index >= 15 is 0 Å². The Morgan fingerprint density at radius 2 is 1.88 bits per heavy atom. The highest BCUT2D eigenvalue weighted by molar-refractivity contribution is 7.88. The van der Waals surface area contributed by atoms with E-state index in [1.165, 1.54) is 4.31 Å². The molecule has 3 rings (SSSR count). The fourth-order valence-corrected chi connectivity index (χ4v) is 5.15. The molecule has 7 heteroatoms. The van der Waals surface area contributed by atoms with Crippen LogP contribution in [0.4, 0.5) is 5.69 Å². The van der Waals surface area contributed by atoms with Gasteiger partial charge in [0.25, 0.3) is 0 Å². The van der Waals surface area contributed by atoms with Crippen LogP contribution in [-0.2, 0) is 20.6 Å². The van der Waals surface area contributed by atoms with E-state index in [0.29, 0.717) is 30.1 Å². The number of rotatable bonds is 5. The number of anilines is 1. The van der Waals surface area contributed by atoms with Crippen molar-refractivity contribution in [1.82, 2.24) is 4.31 Å². The van der Waals surface area contributed by atoms with Gasteiger partial charge in [-0.05, 0) is 55.2 Å². The zero-order chi connectivity index (χ0) is 18.7. The summed E-state index contributed by atoms with van der Waals surface area (Å²) in [5.41, 5.74) is 2.29. The molecule has 1 N–H and O–H groups in total. The van der Waals surface area contributed by atoms with Crippen molar-refractivity contribution in [2.24, 2.45) is 0 Å². The molecule has 1 aliphatic rings. The topological polar surface area (TPSA) is 66.5 Å². The second kappa shape index (κ2) is 7.78. The monoisotopic (exact) mass is 392 g/mol. The summed E-state index contributed by atoms with van der Waals surface area (Å²) < 4.78 is 27.1. The van der Waals surface area contributed by atoms with Crippen molar-refractivity contribution >= 4 is 33.2 Å². The van der Waals surface area contributed by atoms with Gasteiger partial charge >= 0.3 is 0 Å². The standard InChI is InChI=1S/C19H21ClN2O3S/c1-14-5-2-3-6-15(14)13-26(24,25)22-12-4-7-18(22)19(23)21-17-10-8-16(20)9-11-17/h2-3,5-6,8-11,18H,4,7,12-13H2,1H3,(H,21,23)/t18-/m0/s1. The van der Waals surface area contributed by atoms with Crippen molar-refractivity contribution in [3.8, 4) is 0 Å². The Kier molecular flexibility index (Phi) is 5.65. The third-order valence-electron chi connectivity index (χ3n) is 4.57. The summed E-state index contributed by atoms with van der Waals surface area (Å²) in [6.07, 6.45) is 1.19. The van der Waals surface area contributed by atoms with Gasteiger partial charge in [0.1, 0.15) is 6.04 Å². The summed E-state index contributed by atoms with van der Waals surface area (Å²) >= 11 is 5.85. The average molecular weight is 393 g/mol. The van der Waals surface area contributed by atoms with Gasteiger partial charge in [-0.1, -0.05) is 35.9 Å². The van der Waals surface area contributed by atoms with Crippen molar-refractivity contribution < 1.29 is 13.2 Å². The number of carbonyl (C=O) groups excluding carboxylic acids is 1. The van der Waals surface area contributed by atoms with Crippen molar-refractivity contribution in [1.29, 1.82) is 0 Å². The first-order valence-corrected chi connectivity index (χ1v) is 10.5. The Morgan fingerprint density at radius 1 is 1.19 bits per heavy atom. The number of carbonyl (C=O) groups is 1. The minimum absolute atomic E-state index is 0.0929. The molecule has 0 aromatic heterocycles. The number of nitrogens with one attached hydrogen (secondary N) is 1. The van der Waals surface area contributed by atoms with E-state index in [9.17, 15) is 13.2 Å². The minimum Gasteiger partial charge on any atom is -0.325 e. The molecule has 1 aliphatic heterocycles. The predicted molar refractivity (Wildman–Crippen MR) is 104 cm³/mol. The number of aryl methyl sites for hydroxylation is 1. The van der Waals surface area contributed by atoms with Crippen LogP contribution in [0.3, 0.4) is 0 Å². The molecule has 2 aromatic rings. The molecule has 5 nitrogen and oxygen atoms in total. The van der Waals surface area contributed by atoms with Crippen LogP contribution >= 0.6 is 11.6 Å². The minimum atomic E-state index is -3.58. The van der Waals surface area contributed by atoms with Crippen LogP contribution in [0.2, 0.25) is 5.02 Å². The van der Waals surface area contributed by atoms with Crippen LogP contribution in [0.15, 0.2) is 48.5 Å². The highest BCUT2D eigenvalue weighted by atomic mass is 35.5. The first kappa shape index (κ1) is 18.9. The van der Waals surface area contributed by atoms with Gasteiger partial charge in [0, 0.05) is 17.3 Å². The molecule has 2 aromatic carbocycles. The van der Waals surface area contributed by atoms with E-state index in [2.05, 4.69) is 5.32 Å². The van der Waals surface area contributed by atoms with Crippen LogP contribution in [0.5, 0.6) is 0 Å². The van der Waals surface area contributed by atoms with E-state index in [4.69, 9.17) is 11.6 Å². The molecule has 0 bridgehead atoms. The number of benzene rings is 2. The molecule has 1 fully saturated rings. The van der Waals surface area contributed by atoms with Gasteiger partial charge in [0.2, 0.25) is 15.9 Å². The number of nitrogens with zero attached hydrogens (tertiary/aromatic N) is 1. The van der Waals surface area contributed by atoms with E-state index in [1.807, 2.05) is 31.2 Å². The van der Waals surface area contributed by atoms with E-state index in [-0.39, 0.29) is 11.7 Å². The molecule has 0 aliphatic carbocycles. The number of amides is 1. The fourth-order valence-electron chi connectivity index (χ4n) is 3.15. The van der Waals surface area contributed by atoms with Crippen molar-refractivity contribution in [2.75, 3.05) is 11.9 Å². The molecule has 0 unspecified atom stereocenters. The molecule has 0 radical (unpaired) electrons. The summed E-state index contributed by atoms with van der Waals surface area (Å²) in [7, 11) is -3.58. The molecule has 138 valence electrons. The highest BCUT2D eigenvalue weighted by Gasteiger charge is 2.38. The van der Waals surface area contributed by atoms with Gasteiger partial charge in [0.05, 0.1) is 5.75 Å². The molecular weight excluding hydrogens is 372 g/mol. The van der Waals surface area contributed by atoms with Crippen LogP contribution < -0.4 is 5.32 Å². The van der Waals surface area contributed by atoms with E-state index in [1.54, 1.807) is 24.3 Å². The van der Waals surface area contributed by atoms with Gasteiger partial charge in [-0.3, -0.25) is 4.79 Å². The first-order chi connectivity index (χ1) is 12.4. The molecular formula is C19H21ClN2O3S. The summed E-state index contributed by atoms with van der Waals surface area (Å²) in [4.78, 5) is 12.6. The Hall–Kier alpha value is -1.89. The largest absolute Gasteiger partial charge is 0.325 e. The Labute approximate surface area is 159 Å². The lowest BCUT2D eigenvalue weighted by atomic mass is 10.1. The summed E-state index contributed by atoms with van der Waals surface area (Å²) in [6, 6.07) is 13.5. The number of hydrogen-bond acceptors (Lipinski definition) is 3. The highest BCUT2D eigenvalue weighted by Crippen LogP contribution is 2.26. The lowest BCUT2D eigenvalue weighted by Gasteiger charge is -2.23.